The summed E-state index contributed by atoms with van der Waals surface area (Å²) in [7, 11) is 2.45. The third-order valence-electron chi connectivity index (χ3n) is 5.69. The molecule has 140 valence electrons. The summed E-state index contributed by atoms with van der Waals surface area (Å²) in [6.07, 6.45) is 0.296. The number of carbonyl (C=O) groups is 3. The molecule has 5 nitrogen and oxygen atoms in total. The Bertz CT molecular complexity index is 843. The third kappa shape index (κ3) is 2.41. The topological polar surface area (TPSA) is 69.7 Å². The lowest BCUT2D eigenvalue weighted by molar-refractivity contribution is -0.163. The standard InChI is InChI=1S/C22H22O5/c1-4-21(18(23)16-13-9-6-10-14-16)17(15-11-7-5-8-12-15)22(21,19(24)26-2)20(25)27-3/h5-14,17H,4H2,1-3H3/t17-,21+/m1/s1. The molecule has 3 rings (SSSR count). The molecule has 2 atom stereocenters. The number of hydrogen-bond acceptors (Lipinski definition) is 5. The Kier molecular flexibility index (Phi) is 4.87. The highest BCUT2D eigenvalue weighted by atomic mass is 16.5. The van der Waals surface area contributed by atoms with Crippen LogP contribution in [0.15, 0.2) is 60.7 Å². The summed E-state index contributed by atoms with van der Waals surface area (Å²) in [6, 6.07) is 17.8. The van der Waals surface area contributed by atoms with Crippen LogP contribution in [0.25, 0.3) is 0 Å². The summed E-state index contributed by atoms with van der Waals surface area (Å²) in [4.78, 5) is 39.4. The van der Waals surface area contributed by atoms with Gasteiger partial charge in [0.2, 0.25) is 0 Å². The van der Waals surface area contributed by atoms with Gasteiger partial charge in [-0.1, -0.05) is 67.6 Å². The quantitative estimate of drug-likeness (QED) is 0.445. The van der Waals surface area contributed by atoms with Crippen LogP contribution >= 0.6 is 0 Å². The highest BCUT2D eigenvalue weighted by molar-refractivity contribution is 6.18. The smallest absolute Gasteiger partial charge is 0.324 e. The summed E-state index contributed by atoms with van der Waals surface area (Å²) in [5.74, 6) is -2.39. The second-order valence-corrected chi connectivity index (χ2v) is 6.65. The van der Waals surface area contributed by atoms with Gasteiger partial charge in [-0.15, -0.1) is 0 Å². The van der Waals surface area contributed by atoms with Crippen molar-refractivity contribution in [3.8, 4) is 0 Å². The fourth-order valence-corrected chi connectivity index (χ4v) is 4.52. The monoisotopic (exact) mass is 366 g/mol. The Balaban J connectivity index is 2.26. The van der Waals surface area contributed by atoms with E-state index in [2.05, 4.69) is 0 Å². The van der Waals surface area contributed by atoms with Crippen molar-refractivity contribution < 1.29 is 23.9 Å². The normalized spacial score (nSPS) is 22.6. The van der Waals surface area contributed by atoms with E-state index < -0.39 is 28.7 Å². The molecular weight excluding hydrogens is 344 g/mol. The number of rotatable bonds is 6. The van der Waals surface area contributed by atoms with Crippen LogP contribution in [-0.4, -0.2) is 31.9 Å². The Morgan fingerprint density at radius 3 is 1.78 bits per heavy atom. The maximum Gasteiger partial charge on any atom is 0.324 e. The molecule has 0 bridgehead atoms. The van der Waals surface area contributed by atoms with Crippen molar-refractivity contribution >= 4 is 17.7 Å². The number of hydrogen-bond donors (Lipinski definition) is 0. The fraction of sp³-hybridized carbons (Fsp3) is 0.318. The number of esters is 2. The molecule has 2 aromatic carbocycles. The highest BCUT2D eigenvalue weighted by Crippen LogP contribution is 2.77. The molecule has 1 aliphatic carbocycles. The van der Waals surface area contributed by atoms with Crippen molar-refractivity contribution in [2.45, 2.75) is 19.3 Å². The zero-order valence-corrected chi connectivity index (χ0v) is 15.6. The minimum atomic E-state index is -1.69. The molecule has 0 heterocycles. The summed E-state index contributed by atoms with van der Waals surface area (Å²) in [6.45, 7) is 1.81. The van der Waals surface area contributed by atoms with E-state index >= 15 is 0 Å². The maximum atomic E-state index is 13.6. The first-order valence-corrected chi connectivity index (χ1v) is 8.84. The predicted molar refractivity (Wildman–Crippen MR) is 99.1 cm³/mol. The van der Waals surface area contributed by atoms with Crippen LogP contribution in [0.2, 0.25) is 0 Å². The Hall–Kier alpha value is -2.95. The van der Waals surface area contributed by atoms with E-state index in [0.717, 1.165) is 5.56 Å². The zero-order valence-electron chi connectivity index (χ0n) is 15.6. The first-order chi connectivity index (χ1) is 13.0. The van der Waals surface area contributed by atoms with Gasteiger partial charge < -0.3 is 9.47 Å². The zero-order chi connectivity index (χ0) is 19.7. The van der Waals surface area contributed by atoms with E-state index in [0.29, 0.717) is 12.0 Å². The maximum absolute atomic E-state index is 13.6. The number of carbonyl (C=O) groups excluding carboxylic acids is 3. The van der Waals surface area contributed by atoms with Gasteiger partial charge in [0.25, 0.3) is 0 Å². The van der Waals surface area contributed by atoms with E-state index in [1.54, 1.807) is 24.3 Å². The first-order valence-electron chi connectivity index (χ1n) is 8.84. The van der Waals surface area contributed by atoms with Gasteiger partial charge in [0.15, 0.2) is 11.2 Å². The highest BCUT2D eigenvalue weighted by Gasteiger charge is 2.88. The third-order valence-corrected chi connectivity index (χ3v) is 5.69. The van der Waals surface area contributed by atoms with Crippen molar-refractivity contribution in [2.75, 3.05) is 14.2 Å². The van der Waals surface area contributed by atoms with E-state index in [4.69, 9.17) is 9.47 Å². The fourth-order valence-electron chi connectivity index (χ4n) is 4.52. The molecule has 0 radical (unpaired) electrons. The van der Waals surface area contributed by atoms with Crippen LogP contribution in [0, 0.1) is 10.8 Å². The Labute approximate surface area is 158 Å². The lowest BCUT2D eigenvalue weighted by atomic mass is 9.83. The van der Waals surface area contributed by atoms with Gasteiger partial charge in [0.05, 0.1) is 19.6 Å². The van der Waals surface area contributed by atoms with Gasteiger partial charge in [-0.25, -0.2) is 0 Å². The summed E-state index contributed by atoms with van der Waals surface area (Å²) in [5, 5.41) is 0. The molecule has 0 saturated heterocycles. The molecule has 0 unspecified atom stereocenters. The average molecular weight is 366 g/mol. The number of methoxy groups -OCH3 is 2. The Morgan fingerprint density at radius 1 is 0.852 bits per heavy atom. The SMILES string of the molecule is CC[C@@]1(C(=O)c2ccccc2)[C@@H](c2ccccc2)C1(C(=O)OC)C(=O)OC. The van der Waals surface area contributed by atoms with Gasteiger partial charge >= 0.3 is 11.9 Å². The molecule has 1 fully saturated rings. The molecule has 27 heavy (non-hydrogen) atoms. The van der Waals surface area contributed by atoms with E-state index in [1.807, 2.05) is 43.3 Å². The predicted octanol–water partition coefficient (Wildman–Crippen LogP) is 3.40. The van der Waals surface area contributed by atoms with E-state index in [9.17, 15) is 14.4 Å². The summed E-state index contributed by atoms with van der Waals surface area (Å²) in [5.41, 5.74) is -1.76. The van der Waals surface area contributed by atoms with Gasteiger partial charge in [0, 0.05) is 11.5 Å². The van der Waals surface area contributed by atoms with Crippen molar-refractivity contribution in [1.82, 2.24) is 0 Å². The molecule has 0 spiro atoms. The van der Waals surface area contributed by atoms with E-state index in [-0.39, 0.29) is 5.78 Å². The molecule has 1 saturated carbocycles. The van der Waals surface area contributed by atoms with Crippen LogP contribution in [-0.2, 0) is 19.1 Å². The molecule has 1 aliphatic rings. The average Bonchev–Trinajstić information content (AvgIpc) is 3.38. The minimum absolute atomic E-state index is 0.254. The second kappa shape index (κ2) is 6.99. The summed E-state index contributed by atoms with van der Waals surface area (Å²) < 4.78 is 10.0. The van der Waals surface area contributed by atoms with E-state index in [1.165, 1.54) is 14.2 Å². The molecule has 5 heteroatoms. The molecule has 2 aromatic rings. The molecule has 0 aliphatic heterocycles. The van der Waals surface area contributed by atoms with Crippen molar-refractivity contribution in [3.63, 3.8) is 0 Å². The van der Waals surface area contributed by atoms with Crippen molar-refractivity contribution in [3.05, 3.63) is 71.8 Å². The Morgan fingerprint density at radius 2 is 1.33 bits per heavy atom. The van der Waals surface area contributed by atoms with Gasteiger partial charge in [0.1, 0.15) is 0 Å². The lowest BCUT2D eigenvalue weighted by Gasteiger charge is -2.20. The number of ether oxygens (including phenoxy) is 2. The molecular formula is C22H22O5. The van der Waals surface area contributed by atoms with Crippen LogP contribution in [0.1, 0.15) is 35.2 Å². The van der Waals surface area contributed by atoms with Gasteiger partial charge in [-0.2, -0.15) is 0 Å². The molecule has 0 amide bonds. The van der Waals surface area contributed by atoms with Crippen LogP contribution in [0.5, 0.6) is 0 Å². The summed E-state index contributed by atoms with van der Waals surface area (Å²) >= 11 is 0. The number of ketones is 1. The second-order valence-electron chi connectivity index (χ2n) is 6.65. The van der Waals surface area contributed by atoms with Gasteiger partial charge in [-0.3, -0.25) is 14.4 Å². The van der Waals surface area contributed by atoms with Crippen LogP contribution < -0.4 is 0 Å². The number of Topliss-reactive ketones (excluding diaryl/α,β-unsaturated/α-hetero) is 1. The minimum Gasteiger partial charge on any atom is -0.468 e. The molecule has 0 N–H and O–H groups in total. The van der Waals surface area contributed by atoms with Crippen LogP contribution in [0.3, 0.4) is 0 Å². The number of benzene rings is 2. The largest absolute Gasteiger partial charge is 0.468 e. The van der Waals surface area contributed by atoms with Gasteiger partial charge in [-0.05, 0) is 12.0 Å². The van der Waals surface area contributed by atoms with Crippen LogP contribution in [0.4, 0.5) is 0 Å². The van der Waals surface area contributed by atoms with Crippen molar-refractivity contribution in [2.24, 2.45) is 10.8 Å². The first kappa shape index (κ1) is 18.8. The van der Waals surface area contributed by atoms with Crippen molar-refractivity contribution in [1.29, 1.82) is 0 Å². The molecule has 0 aromatic heterocycles. The lowest BCUT2D eigenvalue weighted by Crippen LogP contribution is -2.37.